The Morgan fingerprint density at radius 1 is 1.11 bits per heavy atom. The van der Waals surface area contributed by atoms with Gasteiger partial charge in [0.15, 0.2) is 0 Å². The SMILES string of the molecule is c1cncc(-c2ccc(NC3CCNCC3)nn2)c1. The highest BCUT2D eigenvalue weighted by molar-refractivity contribution is 5.58. The first kappa shape index (κ1) is 12.0. The molecule has 1 aliphatic rings. The Bertz CT molecular complexity index is 505. The standard InChI is InChI=1S/C14H17N5/c1-2-11(10-16-7-1)13-3-4-14(19-18-13)17-12-5-8-15-9-6-12/h1-4,7,10,12,15H,5-6,8-9H2,(H,17,19). The maximum atomic E-state index is 4.25. The molecule has 2 aromatic heterocycles. The number of nitrogens with zero attached hydrogens (tertiary/aromatic N) is 3. The summed E-state index contributed by atoms with van der Waals surface area (Å²) in [5.74, 6) is 0.847. The number of aromatic nitrogens is 3. The van der Waals surface area contributed by atoms with Gasteiger partial charge in [-0.05, 0) is 50.2 Å². The summed E-state index contributed by atoms with van der Waals surface area (Å²) < 4.78 is 0. The van der Waals surface area contributed by atoms with Gasteiger partial charge in [0.2, 0.25) is 0 Å². The number of rotatable bonds is 3. The zero-order valence-corrected chi connectivity index (χ0v) is 10.7. The highest BCUT2D eigenvalue weighted by Crippen LogP contribution is 2.16. The van der Waals surface area contributed by atoms with Gasteiger partial charge in [-0.15, -0.1) is 10.2 Å². The van der Waals surface area contributed by atoms with Gasteiger partial charge < -0.3 is 10.6 Å². The van der Waals surface area contributed by atoms with Crippen molar-refractivity contribution in [2.75, 3.05) is 18.4 Å². The van der Waals surface area contributed by atoms with Crippen LogP contribution in [0.25, 0.3) is 11.3 Å². The molecule has 2 N–H and O–H groups in total. The van der Waals surface area contributed by atoms with E-state index in [0.717, 1.165) is 43.0 Å². The van der Waals surface area contributed by atoms with Gasteiger partial charge in [-0.2, -0.15) is 0 Å². The van der Waals surface area contributed by atoms with Crippen molar-refractivity contribution in [1.82, 2.24) is 20.5 Å². The molecule has 3 rings (SSSR count). The van der Waals surface area contributed by atoms with Crippen molar-refractivity contribution in [2.24, 2.45) is 0 Å². The van der Waals surface area contributed by atoms with Crippen molar-refractivity contribution >= 4 is 5.82 Å². The average molecular weight is 255 g/mol. The molecular formula is C14H17N5. The number of piperidine rings is 1. The smallest absolute Gasteiger partial charge is 0.148 e. The minimum Gasteiger partial charge on any atom is -0.366 e. The van der Waals surface area contributed by atoms with Gasteiger partial charge in [-0.3, -0.25) is 4.98 Å². The first-order valence-electron chi connectivity index (χ1n) is 6.63. The van der Waals surface area contributed by atoms with E-state index in [1.165, 1.54) is 0 Å². The van der Waals surface area contributed by atoms with Gasteiger partial charge in [0, 0.05) is 24.0 Å². The van der Waals surface area contributed by atoms with Crippen LogP contribution in [0.15, 0.2) is 36.7 Å². The first-order valence-corrected chi connectivity index (χ1v) is 6.63. The number of anilines is 1. The fourth-order valence-corrected chi connectivity index (χ4v) is 2.25. The summed E-state index contributed by atoms with van der Waals surface area (Å²) in [5, 5.41) is 15.3. The summed E-state index contributed by atoms with van der Waals surface area (Å²) in [5.41, 5.74) is 1.84. The largest absolute Gasteiger partial charge is 0.366 e. The minimum atomic E-state index is 0.500. The maximum absolute atomic E-state index is 4.25. The molecule has 19 heavy (non-hydrogen) atoms. The molecule has 0 saturated carbocycles. The molecule has 0 atom stereocenters. The predicted octanol–water partition coefficient (Wildman–Crippen LogP) is 1.70. The Morgan fingerprint density at radius 2 is 2.00 bits per heavy atom. The van der Waals surface area contributed by atoms with E-state index in [1.807, 2.05) is 24.3 Å². The summed E-state index contributed by atoms with van der Waals surface area (Å²) in [6.45, 7) is 2.14. The fraction of sp³-hybridized carbons (Fsp3) is 0.357. The van der Waals surface area contributed by atoms with Crippen LogP contribution in [0, 0.1) is 0 Å². The van der Waals surface area contributed by atoms with Crippen LogP contribution in [0.3, 0.4) is 0 Å². The molecule has 2 aromatic rings. The lowest BCUT2D eigenvalue weighted by molar-refractivity contribution is 0.478. The molecule has 0 radical (unpaired) electrons. The first-order chi connectivity index (χ1) is 9.42. The second kappa shape index (κ2) is 5.75. The Labute approximate surface area is 112 Å². The molecule has 98 valence electrons. The van der Waals surface area contributed by atoms with Crippen LogP contribution in [0.2, 0.25) is 0 Å². The van der Waals surface area contributed by atoms with Crippen molar-refractivity contribution in [3.05, 3.63) is 36.7 Å². The Kier molecular flexibility index (Phi) is 3.65. The third-order valence-corrected chi connectivity index (χ3v) is 3.31. The van der Waals surface area contributed by atoms with Crippen LogP contribution in [0.5, 0.6) is 0 Å². The van der Waals surface area contributed by atoms with Gasteiger partial charge in [0.05, 0.1) is 5.69 Å². The van der Waals surface area contributed by atoms with E-state index in [9.17, 15) is 0 Å². The summed E-state index contributed by atoms with van der Waals surface area (Å²) in [6.07, 6.45) is 5.81. The van der Waals surface area contributed by atoms with Crippen LogP contribution < -0.4 is 10.6 Å². The molecule has 0 spiro atoms. The van der Waals surface area contributed by atoms with Gasteiger partial charge in [-0.1, -0.05) is 0 Å². The lowest BCUT2D eigenvalue weighted by Gasteiger charge is -2.23. The number of nitrogens with one attached hydrogen (secondary N) is 2. The van der Waals surface area contributed by atoms with Gasteiger partial charge in [0.1, 0.15) is 5.82 Å². The fourth-order valence-electron chi connectivity index (χ4n) is 2.25. The summed E-state index contributed by atoms with van der Waals surface area (Å²) in [4.78, 5) is 4.09. The summed E-state index contributed by atoms with van der Waals surface area (Å²) >= 11 is 0. The predicted molar refractivity (Wildman–Crippen MR) is 74.8 cm³/mol. The van der Waals surface area contributed by atoms with Crippen molar-refractivity contribution < 1.29 is 0 Å². The summed E-state index contributed by atoms with van der Waals surface area (Å²) in [7, 11) is 0. The average Bonchev–Trinajstić information content (AvgIpc) is 2.50. The molecule has 5 nitrogen and oxygen atoms in total. The Morgan fingerprint density at radius 3 is 2.68 bits per heavy atom. The Hall–Kier alpha value is -2.01. The van der Waals surface area contributed by atoms with Crippen molar-refractivity contribution in [1.29, 1.82) is 0 Å². The molecular weight excluding hydrogens is 238 g/mol. The molecule has 1 fully saturated rings. The molecule has 1 saturated heterocycles. The lowest BCUT2D eigenvalue weighted by atomic mass is 10.1. The molecule has 0 unspecified atom stereocenters. The molecule has 0 amide bonds. The van der Waals surface area contributed by atoms with Gasteiger partial charge >= 0.3 is 0 Å². The van der Waals surface area contributed by atoms with Crippen LogP contribution in [-0.4, -0.2) is 34.3 Å². The van der Waals surface area contributed by atoms with Crippen LogP contribution in [0.4, 0.5) is 5.82 Å². The van der Waals surface area contributed by atoms with Crippen molar-refractivity contribution in [2.45, 2.75) is 18.9 Å². The monoisotopic (exact) mass is 255 g/mol. The topological polar surface area (TPSA) is 62.7 Å². The van der Waals surface area contributed by atoms with E-state index in [1.54, 1.807) is 12.4 Å². The lowest BCUT2D eigenvalue weighted by Crippen LogP contribution is -2.35. The Balaban J connectivity index is 1.68. The van der Waals surface area contributed by atoms with E-state index in [2.05, 4.69) is 25.8 Å². The van der Waals surface area contributed by atoms with Gasteiger partial charge in [0.25, 0.3) is 0 Å². The van der Waals surface area contributed by atoms with Gasteiger partial charge in [-0.25, -0.2) is 0 Å². The van der Waals surface area contributed by atoms with E-state index in [-0.39, 0.29) is 0 Å². The van der Waals surface area contributed by atoms with E-state index >= 15 is 0 Å². The molecule has 1 aliphatic heterocycles. The number of pyridine rings is 1. The van der Waals surface area contributed by atoms with E-state index in [0.29, 0.717) is 6.04 Å². The second-order valence-electron chi connectivity index (χ2n) is 4.71. The third-order valence-electron chi connectivity index (χ3n) is 3.31. The molecule has 5 heteroatoms. The third kappa shape index (κ3) is 3.06. The highest BCUT2D eigenvalue weighted by Gasteiger charge is 2.13. The number of hydrogen-bond donors (Lipinski definition) is 2. The van der Waals surface area contributed by atoms with Crippen LogP contribution in [0.1, 0.15) is 12.8 Å². The molecule has 0 bridgehead atoms. The quantitative estimate of drug-likeness (QED) is 0.874. The van der Waals surface area contributed by atoms with Crippen molar-refractivity contribution in [3.63, 3.8) is 0 Å². The second-order valence-corrected chi connectivity index (χ2v) is 4.71. The highest BCUT2D eigenvalue weighted by atomic mass is 15.2. The molecule has 0 aliphatic carbocycles. The normalized spacial score (nSPS) is 16.2. The van der Waals surface area contributed by atoms with Crippen molar-refractivity contribution in [3.8, 4) is 11.3 Å². The zero-order valence-electron chi connectivity index (χ0n) is 10.7. The summed E-state index contributed by atoms with van der Waals surface area (Å²) in [6, 6.07) is 8.35. The number of hydrogen-bond acceptors (Lipinski definition) is 5. The molecule has 3 heterocycles. The van der Waals surface area contributed by atoms with Crippen LogP contribution in [-0.2, 0) is 0 Å². The van der Waals surface area contributed by atoms with E-state index in [4.69, 9.17) is 0 Å². The molecule has 0 aromatic carbocycles. The zero-order chi connectivity index (χ0) is 12.9. The van der Waals surface area contributed by atoms with Crippen LogP contribution >= 0.6 is 0 Å². The minimum absolute atomic E-state index is 0.500. The maximum Gasteiger partial charge on any atom is 0.148 e. The van der Waals surface area contributed by atoms with E-state index < -0.39 is 0 Å².